The first-order valence-electron chi connectivity index (χ1n) is 3.82. The number of nitro groups is 1. The van der Waals surface area contributed by atoms with Crippen molar-refractivity contribution in [3.8, 4) is 0 Å². The highest BCUT2D eigenvalue weighted by Crippen LogP contribution is 2.08. The molecule has 7 heteroatoms. The zero-order chi connectivity index (χ0) is 11.7. The molecule has 0 atom stereocenters. The Balaban J connectivity index is 0.000000336. The van der Waals surface area contributed by atoms with E-state index in [2.05, 4.69) is 29.5 Å². The van der Waals surface area contributed by atoms with Gasteiger partial charge in [0, 0.05) is 0 Å². The lowest BCUT2D eigenvalue weighted by molar-refractivity contribution is -0.401. The first-order chi connectivity index (χ1) is 7.10. The van der Waals surface area contributed by atoms with Crippen LogP contribution in [0.1, 0.15) is 0 Å². The third kappa shape index (κ3) is 7.77. The van der Waals surface area contributed by atoms with Crippen molar-refractivity contribution in [3.63, 3.8) is 0 Å². The number of hydrogen-bond acceptors (Lipinski definition) is 5. The van der Waals surface area contributed by atoms with E-state index in [4.69, 9.17) is 21.7 Å². The Bertz CT molecular complexity index is 318. The molecule has 0 spiro atoms. The van der Waals surface area contributed by atoms with Gasteiger partial charge in [-0.25, -0.2) is 4.98 Å². The maximum Gasteiger partial charge on any atom is 0.227 e. The van der Waals surface area contributed by atoms with E-state index in [1.165, 1.54) is 0 Å². The summed E-state index contributed by atoms with van der Waals surface area (Å²) in [7, 11) is 0. The second-order valence-corrected chi connectivity index (χ2v) is 2.88. The van der Waals surface area contributed by atoms with Crippen LogP contribution in [-0.4, -0.2) is 15.8 Å². The average Bonchev–Trinajstić information content (AvgIpc) is 2.23. The summed E-state index contributed by atoms with van der Waals surface area (Å²) in [5.74, 6) is 0.601. The van der Waals surface area contributed by atoms with E-state index >= 15 is 0 Å². The Morgan fingerprint density at radius 3 is 2.67 bits per heavy atom. The number of nitrogens with zero attached hydrogens (tertiary/aromatic N) is 2. The van der Waals surface area contributed by atoms with E-state index in [9.17, 15) is 0 Å². The van der Waals surface area contributed by atoms with Crippen LogP contribution < -0.4 is 5.32 Å². The second-order valence-electron chi connectivity index (χ2n) is 2.17. The summed E-state index contributed by atoms with van der Waals surface area (Å²) in [6, 6.07) is 3.58. The Morgan fingerprint density at radius 2 is 2.33 bits per heavy atom. The molecule has 0 aliphatic heterocycles. The molecule has 0 aliphatic carbocycles. The summed E-state index contributed by atoms with van der Waals surface area (Å²) in [6.45, 7) is 2.86. The molecule has 5 nitrogen and oxygen atoms in total. The first-order valence-corrected chi connectivity index (χ1v) is 4.83. The maximum atomic E-state index is 9.06. The number of nitrogens with one attached hydrogen (secondary N) is 1. The molecule has 1 N–H and O–H groups in total. The van der Waals surface area contributed by atoms with Gasteiger partial charge in [-0.1, -0.05) is 11.6 Å². The van der Waals surface area contributed by atoms with E-state index in [-0.39, 0.29) is 0 Å². The highest BCUT2D eigenvalue weighted by Gasteiger charge is 1.88. The smallest absolute Gasteiger partial charge is 0.227 e. The Kier molecular flexibility index (Phi) is 7.39. The monoisotopic (exact) mass is 247 g/mol. The van der Waals surface area contributed by atoms with Crippen molar-refractivity contribution in [3.05, 3.63) is 46.4 Å². The van der Waals surface area contributed by atoms with Gasteiger partial charge in [0.1, 0.15) is 5.15 Å². The van der Waals surface area contributed by atoms with Gasteiger partial charge in [-0.3, -0.25) is 10.1 Å². The fraction of sp³-hybridized carbons (Fsp3) is 0.125. The van der Waals surface area contributed by atoms with Crippen LogP contribution in [0.2, 0.25) is 5.15 Å². The van der Waals surface area contributed by atoms with Crippen LogP contribution in [0.15, 0.2) is 31.1 Å². The second kappa shape index (κ2) is 8.07. The molecule has 0 aliphatic rings. The molecule has 1 heterocycles. The largest absolute Gasteiger partial charge is 0.375 e. The lowest BCUT2D eigenvalue weighted by Gasteiger charge is -1.99. The van der Waals surface area contributed by atoms with Gasteiger partial charge in [0.2, 0.25) is 6.20 Å². The number of anilines is 1. The number of pyridine rings is 1. The van der Waals surface area contributed by atoms with Crippen molar-refractivity contribution in [2.45, 2.75) is 0 Å². The van der Waals surface area contributed by atoms with Crippen LogP contribution in [0, 0.1) is 10.1 Å². The molecule has 0 aromatic carbocycles. The zero-order valence-corrected chi connectivity index (χ0v) is 9.41. The number of rotatable bonds is 3. The molecular formula is C8H10ClN3O2S. The lowest BCUT2D eigenvalue weighted by atomic mass is 10.4. The number of aromatic nitrogens is 1. The topological polar surface area (TPSA) is 68.1 Å². The van der Waals surface area contributed by atoms with Crippen molar-refractivity contribution >= 4 is 29.9 Å². The fourth-order valence-electron chi connectivity index (χ4n) is 0.572. The Morgan fingerprint density at radius 1 is 1.73 bits per heavy atom. The van der Waals surface area contributed by atoms with E-state index in [1.807, 2.05) is 6.07 Å². The van der Waals surface area contributed by atoms with E-state index in [0.717, 1.165) is 5.69 Å². The Hall–Kier alpha value is -1.27. The van der Waals surface area contributed by atoms with Gasteiger partial charge in [-0.15, -0.1) is 0 Å². The standard InChI is InChI=1S/C6H7ClN2S.C2H3NO2/c7-6-2-1-5(3-8-6)9-4-10;1-2-3(4)5/h1-3,9-10H,4H2;2H,1H2. The summed E-state index contributed by atoms with van der Waals surface area (Å²) in [4.78, 5) is 12.3. The van der Waals surface area contributed by atoms with E-state index in [0.29, 0.717) is 17.2 Å². The van der Waals surface area contributed by atoms with Crippen LogP contribution in [0.3, 0.4) is 0 Å². The molecule has 0 saturated heterocycles. The van der Waals surface area contributed by atoms with Gasteiger partial charge in [-0.2, -0.15) is 12.6 Å². The summed E-state index contributed by atoms with van der Waals surface area (Å²) < 4.78 is 0. The van der Waals surface area contributed by atoms with Crippen LogP contribution >= 0.6 is 24.2 Å². The van der Waals surface area contributed by atoms with Crippen molar-refractivity contribution in [1.29, 1.82) is 0 Å². The molecule has 0 amide bonds. The Labute approximate surface area is 97.7 Å². The molecule has 1 aromatic rings. The van der Waals surface area contributed by atoms with Gasteiger partial charge >= 0.3 is 0 Å². The van der Waals surface area contributed by atoms with Gasteiger partial charge in [-0.05, 0) is 18.7 Å². The molecule has 15 heavy (non-hydrogen) atoms. The number of thiol groups is 1. The molecule has 1 rings (SSSR count). The molecule has 0 fully saturated rings. The van der Waals surface area contributed by atoms with Crippen molar-refractivity contribution in [2.24, 2.45) is 0 Å². The van der Waals surface area contributed by atoms with Crippen molar-refractivity contribution in [2.75, 3.05) is 11.2 Å². The molecule has 0 radical (unpaired) electrons. The fourth-order valence-corrected chi connectivity index (χ4v) is 0.866. The lowest BCUT2D eigenvalue weighted by Crippen LogP contribution is -1.93. The van der Waals surface area contributed by atoms with Gasteiger partial charge in [0.15, 0.2) is 0 Å². The van der Waals surface area contributed by atoms with Gasteiger partial charge in [0.25, 0.3) is 0 Å². The SMILES string of the molecule is C=C[N+](=O)[O-].SCNc1ccc(Cl)nc1. The molecule has 0 bridgehead atoms. The predicted octanol–water partition coefficient (Wildman–Crippen LogP) is 2.44. The third-order valence-electron chi connectivity index (χ3n) is 1.16. The number of halogens is 1. The summed E-state index contributed by atoms with van der Waals surface area (Å²) in [6.07, 6.45) is 2.30. The normalized spacial score (nSPS) is 8.40. The number of hydrogen-bond donors (Lipinski definition) is 2. The minimum absolute atomic E-state index is 0.504. The molecule has 0 unspecified atom stereocenters. The van der Waals surface area contributed by atoms with Crippen molar-refractivity contribution < 1.29 is 4.92 Å². The quantitative estimate of drug-likeness (QED) is 0.283. The summed E-state index contributed by atoms with van der Waals surface area (Å²) in [5, 5.41) is 12.5. The third-order valence-corrected chi connectivity index (χ3v) is 1.54. The van der Waals surface area contributed by atoms with E-state index < -0.39 is 4.92 Å². The highest BCUT2D eigenvalue weighted by molar-refractivity contribution is 7.80. The van der Waals surface area contributed by atoms with Crippen molar-refractivity contribution in [1.82, 2.24) is 4.98 Å². The zero-order valence-electron chi connectivity index (χ0n) is 7.76. The average molecular weight is 248 g/mol. The minimum Gasteiger partial charge on any atom is -0.375 e. The summed E-state index contributed by atoms with van der Waals surface area (Å²) >= 11 is 9.54. The minimum atomic E-state index is -0.611. The molecule has 82 valence electrons. The first kappa shape index (κ1) is 13.7. The van der Waals surface area contributed by atoms with Gasteiger partial charge < -0.3 is 5.32 Å². The molecule has 1 aromatic heterocycles. The van der Waals surface area contributed by atoms with E-state index in [1.54, 1.807) is 12.3 Å². The molecular weight excluding hydrogens is 238 g/mol. The summed E-state index contributed by atoms with van der Waals surface area (Å²) in [5.41, 5.74) is 0.930. The van der Waals surface area contributed by atoms with Crippen LogP contribution in [-0.2, 0) is 0 Å². The highest BCUT2D eigenvalue weighted by atomic mass is 35.5. The van der Waals surface area contributed by atoms with Crippen LogP contribution in [0.25, 0.3) is 0 Å². The van der Waals surface area contributed by atoms with Gasteiger partial charge in [0.05, 0.1) is 22.7 Å². The predicted molar refractivity (Wildman–Crippen MR) is 63.9 cm³/mol. The van der Waals surface area contributed by atoms with Crippen LogP contribution in [0.4, 0.5) is 5.69 Å². The maximum absolute atomic E-state index is 9.06. The molecule has 0 saturated carbocycles. The van der Waals surface area contributed by atoms with Crippen LogP contribution in [0.5, 0.6) is 0 Å².